The van der Waals surface area contributed by atoms with Crippen LogP contribution in [0.4, 0.5) is 0 Å². The van der Waals surface area contributed by atoms with Crippen LogP contribution in [0.1, 0.15) is 58.8 Å². The zero-order valence-corrected chi connectivity index (χ0v) is 11.9. The number of carbonyl (C=O) groups is 1. The molecular weight excluding hydrogens is 224 g/mol. The smallest absolute Gasteiger partial charge is 0.223 e. The maximum absolute atomic E-state index is 12.4. The van der Waals surface area contributed by atoms with Crippen LogP contribution in [0, 0.1) is 17.3 Å². The molecule has 104 valence electrons. The van der Waals surface area contributed by atoms with Crippen molar-refractivity contribution in [1.82, 2.24) is 5.32 Å². The second-order valence-electron chi connectivity index (χ2n) is 6.83. The van der Waals surface area contributed by atoms with Gasteiger partial charge in [0.15, 0.2) is 0 Å². The van der Waals surface area contributed by atoms with Crippen LogP contribution < -0.4 is 11.1 Å². The normalized spacial score (nSPS) is 35.4. The summed E-state index contributed by atoms with van der Waals surface area (Å²) in [5.74, 6) is 0.841. The third-order valence-electron chi connectivity index (χ3n) is 5.12. The number of nitrogens with two attached hydrogens (primary N) is 1. The zero-order chi connectivity index (χ0) is 13.2. The third kappa shape index (κ3) is 2.87. The van der Waals surface area contributed by atoms with E-state index in [2.05, 4.69) is 19.2 Å². The van der Waals surface area contributed by atoms with Crippen LogP contribution in [0.15, 0.2) is 0 Å². The van der Waals surface area contributed by atoms with Gasteiger partial charge in [0.2, 0.25) is 5.91 Å². The highest BCUT2D eigenvalue weighted by molar-refractivity contribution is 5.79. The van der Waals surface area contributed by atoms with E-state index in [0.717, 1.165) is 19.3 Å². The average molecular weight is 252 g/mol. The van der Waals surface area contributed by atoms with E-state index in [4.69, 9.17) is 5.73 Å². The molecule has 0 aliphatic heterocycles. The summed E-state index contributed by atoms with van der Waals surface area (Å²) in [6.45, 7) is 5.20. The molecule has 2 saturated carbocycles. The topological polar surface area (TPSA) is 55.1 Å². The monoisotopic (exact) mass is 252 g/mol. The van der Waals surface area contributed by atoms with Crippen LogP contribution in [-0.2, 0) is 4.79 Å². The Kier molecular flexibility index (Phi) is 4.31. The summed E-state index contributed by atoms with van der Waals surface area (Å²) in [7, 11) is 0. The van der Waals surface area contributed by atoms with Gasteiger partial charge in [-0.2, -0.15) is 0 Å². The molecule has 3 nitrogen and oxygen atoms in total. The predicted octanol–water partition coefficient (Wildman–Crippen LogP) is 2.45. The molecular formula is C15H28N2O. The van der Waals surface area contributed by atoms with Crippen molar-refractivity contribution in [3.8, 4) is 0 Å². The van der Waals surface area contributed by atoms with E-state index < -0.39 is 0 Å². The van der Waals surface area contributed by atoms with Gasteiger partial charge in [-0.1, -0.05) is 33.1 Å². The van der Waals surface area contributed by atoms with Gasteiger partial charge in [0.25, 0.3) is 0 Å². The number of amides is 1. The van der Waals surface area contributed by atoms with Crippen LogP contribution in [-0.4, -0.2) is 18.5 Å². The van der Waals surface area contributed by atoms with Crippen molar-refractivity contribution in [1.29, 1.82) is 0 Å². The SMILES string of the molecule is CC1(C)CCCC1NC(=O)C1CCCCC1CN. The minimum absolute atomic E-state index is 0.167. The maximum atomic E-state index is 12.4. The lowest BCUT2D eigenvalue weighted by Crippen LogP contribution is -2.47. The van der Waals surface area contributed by atoms with Crippen LogP contribution in [0.5, 0.6) is 0 Å². The summed E-state index contributed by atoms with van der Waals surface area (Å²) in [6.07, 6.45) is 8.18. The molecule has 0 heterocycles. The molecule has 2 aliphatic carbocycles. The van der Waals surface area contributed by atoms with E-state index in [0.29, 0.717) is 18.5 Å². The molecule has 3 atom stereocenters. The van der Waals surface area contributed by atoms with Gasteiger partial charge in [-0.15, -0.1) is 0 Å². The molecule has 0 aromatic rings. The molecule has 0 spiro atoms. The zero-order valence-electron chi connectivity index (χ0n) is 11.9. The van der Waals surface area contributed by atoms with E-state index in [-0.39, 0.29) is 17.2 Å². The molecule has 0 saturated heterocycles. The Labute approximate surface area is 111 Å². The summed E-state index contributed by atoms with van der Waals surface area (Å²) in [5, 5.41) is 3.31. The van der Waals surface area contributed by atoms with Crippen molar-refractivity contribution in [3.05, 3.63) is 0 Å². The van der Waals surface area contributed by atoms with Crippen molar-refractivity contribution >= 4 is 5.91 Å². The van der Waals surface area contributed by atoms with Crippen LogP contribution >= 0.6 is 0 Å². The maximum Gasteiger partial charge on any atom is 0.223 e. The van der Waals surface area contributed by atoms with Gasteiger partial charge in [-0.3, -0.25) is 4.79 Å². The molecule has 2 rings (SSSR count). The summed E-state index contributed by atoms with van der Waals surface area (Å²) in [4.78, 5) is 12.4. The minimum Gasteiger partial charge on any atom is -0.353 e. The molecule has 1 amide bonds. The number of hydrogen-bond donors (Lipinski definition) is 2. The molecule has 0 aromatic carbocycles. The van der Waals surface area contributed by atoms with E-state index in [1.807, 2.05) is 0 Å². The Morgan fingerprint density at radius 2 is 1.94 bits per heavy atom. The Morgan fingerprint density at radius 3 is 2.56 bits per heavy atom. The molecule has 0 aromatic heterocycles. The van der Waals surface area contributed by atoms with Gasteiger partial charge in [0.1, 0.15) is 0 Å². The second-order valence-corrected chi connectivity index (χ2v) is 6.83. The summed E-state index contributed by atoms with van der Waals surface area (Å²) in [6, 6.07) is 0.366. The fraction of sp³-hybridized carbons (Fsp3) is 0.933. The van der Waals surface area contributed by atoms with Crippen molar-refractivity contribution in [2.75, 3.05) is 6.54 Å². The highest BCUT2D eigenvalue weighted by Crippen LogP contribution is 2.38. The standard InChI is InChI=1S/C15H28N2O/c1-15(2)9-5-8-13(15)17-14(18)12-7-4-3-6-11(12)10-16/h11-13H,3-10,16H2,1-2H3,(H,17,18). The molecule has 18 heavy (non-hydrogen) atoms. The highest BCUT2D eigenvalue weighted by atomic mass is 16.2. The molecule has 3 unspecified atom stereocenters. The van der Waals surface area contributed by atoms with Gasteiger partial charge < -0.3 is 11.1 Å². The summed E-state index contributed by atoms with van der Waals surface area (Å²) < 4.78 is 0. The quantitative estimate of drug-likeness (QED) is 0.810. The average Bonchev–Trinajstić information content (AvgIpc) is 2.68. The number of nitrogens with one attached hydrogen (secondary N) is 1. The molecule has 3 N–H and O–H groups in total. The third-order valence-corrected chi connectivity index (χ3v) is 5.12. The summed E-state index contributed by atoms with van der Waals surface area (Å²) in [5.41, 5.74) is 6.08. The van der Waals surface area contributed by atoms with Crippen molar-refractivity contribution in [3.63, 3.8) is 0 Å². The molecule has 2 fully saturated rings. The Morgan fingerprint density at radius 1 is 1.22 bits per heavy atom. The van der Waals surface area contributed by atoms with E-state index in [9.17, 15) is 4.79 Å². The summed E-state index contributed by atoms with van der Waals surface area (Å²) >= 11 is 0. The van der Waals surface area contributed by atoms with Gasteiger partial charge in [-0.25, -0.2) is 0 Å². The lowest BCUT2D eigenvalue weighted by atomic mass is 9.78. The van der Waals surface area contributed by atoms with Crippen LogP contribution in [0.25, 0.3) is 0 Å². The first-order valence-electron chi connectivity index (χ1n) is 7.55. The lowest BCUT2D eigenvalue weighted by molar-refractivity contribution is -0.129. The van der Waals surface area contributed by atoms with E-state index in [1.165, 1.54) is 25.7 Å². The lowest BCUT2D eigenvalue weighted by Gasteiger charge is -2.33. The molecule has 2 aliphatic rings. The minimum atomic E-state index is 0.167. The number of hydrogen-bond acceptors (Lipinski definition) is 2. The van der Waals surface area contributed by atoms with E-state index >= 15 is 0 Å². The van der Waals surface area contributed by atoms with Crippen LogP contribution in [0.3, 0.4) is 0 Å². The molecule has 3 heteroatoms. The first-order valence-corrected chi connectivity index (χ1v) is 7.55. The number of carbonyl (C=O) groups excluding carboxylic acids is 1. The largest absolute Gasteiger partial charge is 0.353 e. The Bertz CT molecular complexity index is 301. The predicted molar refractivity (Wildman–Crippen MR) is 74.1 cm³/mol. The first-order chi connectivity index (χ1) is 8.54. The van der Waals surface area contributed by atoms with Gasteiger partial charge in [0.05, 0.1) is 0 Å². The second kappa shape index (κ2) is 5.60. The van der Waals surface area contributed by atoms with Crippen molar-refractivity contribution in [2.45, 2.75) is 64.8 Å². The van der Waals surface area contributed by atoms with E-state index in [1.54, 1.807) is 0 Å². The Balaban J connectivity index is 1.94. The van der Waals surface area contributed by atoms with Crippen molar-refractivity contribution in [2.24, 2.45) is 23.0 Å². The Hall–Kier alpha value is -0.570. The fourth-order valence-electron chi connectivity index (χ4n) is 3.71. The molecule has 0 bridgehead atoms. The van der Waals surface area contributed by atoms with Crippen LogP contribution in [0.2, 0.25) is 0 Å². The van der Waals surface area contributed by atoms with Gasteiger partial charge >= 0.3 is 0 Å². The highest BCUT2D eigenvalue weighted by Gasteiger charge is 2.38. The molecule has 0 radical (unpaired) electrons. The van der Waals surface area contributed by atoms with Gasteiger partial charge in [-0.05, 0) is 43.6 Å². The first kappa shape index (κ1) is 13.9. The fourth-order valence-corrected chi connectivity index (χ4v) is 3.71. The van der Waals surface area contributed by atoms with Gasteiger partial charge in [0, 0.05) is 12.0 Å². The number of rotatable bonds is 3. The van der Waals surface area contributed by atoms with Crippen molar-refractivity contribution < 1.29 is 4.79 Å².